The van der Waals surface area contributed by atoms with Crippen LogP contribution >= 0.6 is 23.4 Å². The van der Waals surface area contributed by atoms with Crippen LogP contribution in [0.1, 0.15) is 51.6 Å². The van der Waals surface area contributed by atoms with Gasteiger partial charge in [-0.05, 0) is 42.8 Å². The van der Waals surface area contributed by atoms with Crippen LogP contribution in [0.3, 0.4) is 0 Å². The third-order valence-electron chi connectivity index (χ3n) is 4.10. The minimum atomic E-state index is -0.382. The highest BCUT2D eigenvalue weighted by Crippen LogP contribution is 2.35. The molecule has 3 rings (SSSR count). The van der Waals surface area contributed by atoms with E-state index in [0.717, 1.165) is 10.5 Å². The van der Waals surface area contributed by atoms with Crippen molar-refractivity contribution in [1.29, 1.82) is 0 Å². The van der Waals surface area contributed by atoms with Gasteiger partial charge >= 0.3 is 5.97 Å². The number of ketones is 2. The molecule has 0 radical (unpaired) electrons. The van der Waals surface area contributed by atoms with Gasteiger partial charge in [-0.15, -0.1) is 11.8 Å². The minimum absolute atomic E-state index is 0.0553. The molecule has 0 spiro atoms. The highest BCUT2D eigenvalue weighted by atomic mass is 35.5. The summed E-state index contributed by atoms with van der Waals surface area (Å²) in [6.45, 7) is 2.03. The zero-order valence-electron chi connectivity index (χ0n) is 14.2. The summed E-state index contributed by atoms with van der Waals surface area (Å²) in [4.78, 5) is 37.3. The van der Waals surface area contributed by atoms with E-state index in [0.29, 0.717) is 34.1 Å². The Morgan fingerprint density at radius 2 is 1.88 bits per heavy atom. The van der Waals surface area contributed by atoms with Crippen molar-refractivity contribution in [2.45, 2.75) is 30.4 Å². The first-order chi connectivity index (χ1) is 12.5. The molecule has 0 saturated heterocycles. The lowest BCUT2D eigenvalue weighted by Crippen LogP contribution is -2.09. The molecule has 0 saturated carbocycles. The second-order valence-electron chi connectivity index (χ2n) is 5.86. The summed E-state index contributed by atoms with van der Waals surface area (Å²) in [5.41, 5.74) is 2.61. The lowest BCUT2D eigenvalue weighted by Gasteiger charge is -2.07. The van der Waals surface area contributed by atoms with Gasteiger partial charge in [-0.25, -0.2) is 0 Å². The first-order valence-corrected chi connectivity index (χ1v) is 9.64. The smallest absolute Gasteiger partial charge is 0.306 e. The molecule has 1 aliphatic heterocycles. The maximum Gasteiger partial charge on any atom is 0.306 e. The monoisotopic (exact) mass is 388 g/mol. The number of ether oxygens (including phenoxy) is 1. The van der Waals surface area contributed by atoms with Crippen LogP contribution in [0.15, 0.2) is 41.3 Å². The van der Waals surface area contributed by atoms with Crippen LogP contribution in [-0.4, -0.2) is 24.1 Å². The van der Waals surface area contributed by atoms with Crippen LogP contribution in [-0.2, 0) is 15.3 Å². The molecule has 0 aliphatic carbocycles. The van der Waals surface area contributed by atoms with Crippen LogP contribution in [0.25, 0.3) is 0 Å². The number of carbonyl (C=O) groups is 3. The molecule has 6 heteroatoms. The maximum absolute atomic E-state index is 12.8. The fourth-order valence-electron chi connectivity index (χ4n) is 2.80. The van der Waals surface area contributed by atoms with Gasteiger partial charge in [-0.3, -0.25) is 14.4 Å². The zero-order valence-corrected chi connectivity index (χ0v) is 15.8. The average Bonchev–Trinajstić information content (AvgIpc) is 2.76. The molecule has 1 heterocycles. The van der Waals surface area contributed by atoms with E-state index < -0.39 is 0 Å². The molecule has 0 N–H and O–H groups in total. The second kappa shape index (κ2) is 8.06. The number of halogens is 1. The molecule has 134 valence electrons. The third-order valence-corrected chi connectivity index (χ3v) is 5.44. The Balaban J connectivity index is 1.82. The average molecular weight is 389 g/mol. The topological polar surface area (TPSA) is 60.4 Å². The Morgan fingerprint density at radius 1 is 1.12 bits per heavy atom. The van der Waals surface area contributed by atoms with Crippen LogP contribution in [0.5, 0.6) is 0 Å². The number of hydrogen-bond donors (Lipinski definition) is 0. The van der Waals surface area contributed by atoms with E-state index in [-0.39, 0.29) is 30.4 Å². The number of fused-ring (bicyclic) bond motifs is 2. The Labute approximate surface area is 160 Å². The molecule has 2 aromatic rings. The third kappa shape index (κ3) is 4.00. The molecule has 4 nitrogen and oxygen atoms in total. The summed E-state index contributed by atoms with van der Waals surface area (Å²) in [7, 11) is 0. The number of hydrogen-bond acceptors (Lipinski definition) is 5. The molecule has 1 aliphatic rings. The van der Waals surface area contributed by atoms with Crippen molar-refractivity contribution in [3.05, 3.63) is 63.7 Å². The number of Topliss-reactive ketones (excluding diaryl/α,β-unsaturated/α-hetero) is 1. The van der Waals surface area contributed by atoms with E-state index in [1.165, 1.54) is 11.8 Å². The van der Waals surface area contributed by atoms with E-state index >= 15 is 0 Å². The Kier molecular flexibility index (Phi) is 5.79. The van der Waals surface area contributed by atoms with Crippen LogP contribution < -0.4 is 0 Å². The molecule has 0 unspecified atom stereocenters. The fraction of sp³-hybridized carbons (Fsp3) is 0.250. The SMILES string of the molecule is CCOC(=O)CCC(=O)c1ccc2c(c1)SCc1cc(Cl)ccc1C2=O. The van der Waals surface area contributed by atoms with Gasteiger partial charge in [-0.1, -0.05) is 17.7 Å². The van der Waals surface area contributed by atoms with Gasteiger partial charge in [0.2, 0.25) is 0 Å². The number of benzene rings is 2. The van der Waals surface area contributed by atoms with Crippen LogP contribution in [0.2, 0.25) is 5.02 Å². The zero-order chi connectivity index (χ0) is 18.7. The van der Waals surface area contributed by atoms with Crippen molar-refractivity contribution < 1.29 is 19.1 Å². The van der Waals surface area contributed by atoms with Gasteiger partial charge < -0.3 is 4.74 Å². The van der Waals surface area contributed by atoms with Crippen molar-refractivity contribution in [3.8, 4) is 0 Å². The van der Waals surface area contributed by atoms with E-state index in [2.05, 4.69) is 0 Å². The molecule has 0 aromatic heterocycles. The minimum Gasteiger partial charge on any atom is -0.466 e. The van der Waals surface area contributed by atoms with Crippen molar-refractivity contribution in [2.24, 2.45) is 0 Å². The van der Waals surface area contributed by atoms with Crippen molar-refractivity contribution in [1.82, 2.24) is 0 Å². The molecule has 0 atom stereocenters. The summed E-state index contributed by atoms with van der Waals surface area (Å²) >= 11 is 7.54. The standard InChI is InChI=1S/C20H17ClO4S/c1-2-25-19(23)8-7-17(22)12-3-5-16-18(10-12)26-11-13-9-14(21)4-6-15(13)20(16)24/h3-6,9-10H,2,7-8,11H2,1H3. The lowest BCUT2D eigenvalue weighted by molar-refractivity contribution is -0.143. The molecule has 2 aromatic carbocycles. The van der Waals surface area contributed by atoms with E-state index in [1.54, 1.807) is 43.3 Å². The highest BCUT2D eigenvalue weighted by Gasteiger charge is 2.23. The quantitative estimate of drug-likeness (QED) is 0.548. The molecule has 26 heavy (non-hydrogen) atoms. The molecule has 0 bridgehead atoms. The van der Waals surface area contributed by atoms with E-state index in [9.17, 15) is 14.4 Å². The van der Waals surface area contributed by atoms with Crippen LogP contribution in [0, 0.1) is 0 Å². The Morgan fingerprint density at radius 3 is 2.65 bits per heavy atom. The van der Waals surface area contributed by atoms with Gasteiger partial charge in [0.1, 0.15) is 0 Å². The van der Waals surface area contributed by atoms with Crippen LogP contribution in [0.4, 0.5) is 0 Å². The maximum atomic E-state index is 12.8. The van der Waals surface area contributed by atoms with Gasteiger partial charge in [-0.2, -0.15) is 0 Å². The van der Waals surface area contributed by atoms with E-state index in [1.807, 2.05) is 0 Å². The van der Waals surface area contributed by atoms with Gasteiger partial charge in [0.05, 0.1) is 13.0 Å². The highest BCUT2D eigenvalue weighted by molar-refractivity contribution is 7.98. The van der Waals surface area contributed by atoms with Crippen molar-refractivity contribution in [3.63, 3.8) is 0 Å². The first kappa shape index (κ1) is 18.7. The molecular formula is C20H17ClO4S. The lowest BCUT2D eigenvalue weighted by atomic mass is 9.97. The summed E-state index contributed by atoms with van der Waals surface area (Å²) in [6.07, 6.45) is 0.145. The summed E-state index contributed by atoms with van der Waals surface area (Å²) in [6, 6.07) is 10.3. The summed E-state index contributed by atoms with van der Waals surface area (Å²) in [5, 5.41) is 0.595. The predicted octanol–water partition coefficient (Wildman–Crippen LogP) is 4.70. The fourth-order valence-corrected chi connectivity index (χ4v) is 4.07. The van der Waals surface area contributed by atoms with Crippen molar-refractivity contribution >= 4 is 40.9 Å². The summed E-state index contributed by atoms with van der Waals surface area (Å²) < 4.78 is 4.84. The summed E-state index contributed by atoms with van der Waals surface area (Å²) in [5.74, 6) is 0.0168. The number of rotatable bonds is 5. The van der Waals surface area contributed by atoms with Gasteiger partial charge in [0, 0.05) is 38.8 Å². The largest absolute Gasteiger partial charge is 0.466 e. The normalized spacial score (nSPS) is 12.8. The molecular weight excluding hydrogens is 372 g/mol. The Bertz CT molecular complexity index is 891. The molecule has 0 fully saturated rings. The predicted molar refractivity (Wildman–Crippen MR) is 101 cm³/mol. The number of esters is 1. The van der Waals surface area contributed by atoms with Crippen molar-refractivity contribution in [2.75, 3.05) is 6.61 Å². The number of carbonyl (C=O) groups excluding carboxylic acids is 3. The van der Waals surface area contributed by atoms with Gasteiger partial charge in [0.15, 0.2) is 11.6 Å². The Hall–Kier alpha value is -2.11. The first-order valence-electron chi connectivity index (χ1n) is 8.28. The second-order valence-corrected chi connectivity index (χ2v) is 7.31. The number of thioether (sulfide) groups is 1. The molecule has 0 amide bonds. The van der Waals surface area contributed by atoms with E-state index in [4.69, 9.17) is 16.3 Å². The van der Waals surface area contributed by atoms with Gasteiger partial charge in [0.25, 0.3) is 0 Å².